The smallest absolute Gasteiger partial charge is 0.417 e. The lowest BCUT2D eigenvalue weighted by molar-refractivity contribution is -0.189. The van der Waals surface area contributed by atoms with Crippen LogP contribution < -0.4 is 10.1 Å². The first kappa shape index (κ1) is 21.4. The number of rotatable bonds is 5. The van der Waals surface area contributed by atoms with Crippen LogP contribution in [0.4, 0.5) is 23.2 Å². The number of carbonyl (C=O) groups is 1. The Morgan fingerprint density at radius 3 is 2.46 bits per heavy atom. The van der Waals surface area contributed by atoms with Gasteiger partial charge in [0.25, 0.3) is 11.7 Å². The van der Waals surface area contributed by atoms with E-state index in [4.69, 9.17) is 21.6 Å². The third-order valence-corrected chi connectivity index (χ3v) is 3.70. The zero-order chi connectivity index (χ0) is 21.1. The number of anilines is 1. The normalized spacial score (nSPS) is 11.6. The molecule has 0 heterocycles. The number of nitrogens with zero attached hydrogens (tertiary/aromatic N) is 1. The highest BCUT2D eigenvalue weighted by atomic mass is 35.5. The molecule has 0 saturated heterocycles. The lowest BCUT2D eigenvalue weighted by Gasteiger charge is -2.21. The molecule has 0 spiro atoms. The molecule has 2 aromatic carbocycles. The quantitative estimate of drug-likeness (QED) is 0.511. The van der Waals surface area contributed by atoms with E-state index in [0.717, 1.165) is 24.3 Å². The van der Waals surface area contributed by atoms with Crippen LogP contribution in [0.3, 0.4) is 0 Å². The maximum Gasteiger partial charge on any atom is 0.417 e. The van der Waals surface area contributed by atoms with Crippen LogP contribution in [0.5, 0.6) is 5.75 Å². The molecular weight excluding hydrogens is 408 g/mol. The minimum atomic E-state index is -4.86. The van der Waals surface area contributed by atoms with Crippen LogP contribution in [0, 0.1) is 17.1 Å². The third-order valence-electron chi connectivity index (χ3n) is 3.40. The SMILES string of the molecule is N#Cc1ccc(NC(=O)C(O)(O)COc2ccc(Cl)c(F)c2)cc1C(F)(F)F. The first-order valence-electron chi connectivity index (χ1n) is 7.39. The molecule has 0 saturated carbocycles. The number of halogens is 5. The van der Waals surface area contributed by atoms with Gasteiger partial charge in [0.05, 0.1) is 22.2 Å². The lowest BCUT2D eigenvalue weighted by Crippen LogP contribution is -2.47. The summed E-state index contributed by atoms with van der Waals surface area (Å²) in [5.41, 5.74) is -2.40. The van der Waals surface area contributed by atoms with Crippen LogP contribution >= 0.6 is 11.6 Å². The van der Waals surface area contributed by atoms with Crippen molar-refractivity contribution in [3.05, 3.63) is 58.4 Å². The zero-order valence-corrected chi connectivity index (χ0v) is 14.5. The average Bonchev–Trinajstić information content (AvgIpc) is 2.62. The number of hydrogen-bond acceptors (Lipinski definition) is 5. The van der Waals surface area contributed by atoms with E-state index in [2.05, 4.69) is 0 Å². The third kappa shape index (κ3) is 5.10. The summed E-state index contributed by atoms with van der Waals surface area (Å²) in [6.45, 7) is -1.05. The number of benzene rings is 2. The van der Waals surface area contributed by atoms with E-state index in [9.17, 15) is 32.6 Å². The summed E-state index contributed by atoms with van der Waals surface area (Å²) in [5, 5.41) is 30.0. The Hall–Kier alpha value is -2.87. The number of ether oxygens (including phenoxy) is 1. The van der Waals surface area contributed by atoms with Gasteiger partial charge in [-0.15, -0.1) is 0 Å². The van der Waals surface area contributed by atoms with Crippen molar-refractivity contribution >= 4 is 23.2 Å². The van der Waals surface area contributed by atoms with Gasteiger partial charge in [0.1, 0.15) is 11.6 Å². The first-order chi connectivity index (χ1) is 12.9. The molecule has 2 rings (SSSR count). The van der Waals surface area contributed by atoms with Crippen LogP contribution in [0.1, 0.15) is 11.1 Å². The molecule has 0 aliphatic carbocycles. The van der Waals surface area contributed by atoms with Gasteiger partial charge in [-0.3, -0.25) is 4.79 Å². The molecule has 0 bridgehead atoms. The highest BCUT2D eigenvalue weighted by Crippen LogP contribution is 2.33. The standard InChI is InChI=1S/C17H11ClF4N2O4/c18-13-4-3-11(6-14(13)19)28-8-16(26,27)15(25)24-10-2-1-9(7-23)12(5-10)17(20,21)22/h1-6,26-27H,8H2,(H,24,25). The minimum absolute atomic E-state index is 0.167. The van der Waals surface area contributed by atoms with Crippen molar-refractivity contribution in [1.29, 1.82) is 5.26 Å². The lowest BCUT2D eigenvalue weighted by atomic mass is 10.1. The molecule has 11 heteroatoms. The Morgan fingerprint density at radius 2 is 1.89 bits per heavy atom. The Kier molecular flexibility index (Phi) is 6.14. The summed E-state index contributed by atoms with van der Waals surface area (Å²) < 4.78 is 57.0. The molecule has 1 amide bonds. The molecule has 0 fully saturated rings. The Morgan fingerprint density at radius 1 is 1.21 bits per heavy atom. The molecule has 2 aromatic rings. The fourth-order valence-electron chi connectivity index (χ4n) is 2.00. The number of alkyl halides is 3. The van der Waals surface area contributed by atoms with E-state index >= 15 is 0 Å². The van der Waals surface area contributed by atoms with E-state index in [1.54, 1.807) is 0 Å². The van der Waals surface area contributed by atoms with Gasteiger partial charge < -0.3 is 20.3 Å². The van der Waals surface area contributed by atoms with E-state index in [0.29, 0.717) is 6.07 Å². The van der Waals surface area contributed by atoms with Crippen molar-refractivity contribution in [1.82, 2.24) is 0 Å². The summed E-state index contributed by atoms with van der Waals surface area (Å²) in [7, 11) is 0. The highest BCUT2D eigenvalue weighted by molar-refractivity contribution is 6.30. The van der Waals surface area contributed by atoms with Gasteiger partial charge >= 0.3 is 6.18 Å². The van der Waals surface area contributed by atoms with E-state index in [1.807, 2.05) is 5.32 Å². The van der Waals surface area contributed by atoms with Gasteiger partial charge in [-0.2, -0.15) is 18.4 Å². The van der Waals surface area contributed by atoms with Crippen molar-refractivity contribution in [2.24, 2.45) is 0 Å². The summed E-state index contributed by atoms with van der Waals surface area (Å²) in [6, 6.07) is 6.83. The van der Waals surface area contributed by atoms with E-state index < -0.39 is 47.1 Å². The largest absolute Gasteiger partial charge is 0.487 e. The molecule has 0 aliphatic rings. The molecule has 0 atom stereocenters. The number of nitriles is 1. The predicted octanol–water partition coefficient (Wildman–Crippen LogP) is 3.07. The average molecular weight is 419 g/mol. The zero-order valence-electron chi connectivity index (χ0n) is 13.7. The predicted molar refractivity (Wildman–Crippen MR) is 88.9 cm³/mol. The molecule has 0 radical (unpaired) electrons. The van der Waals surface area contributed by atoms with Gasteiger partial charge in [0.15, 0.2) is 6.61 Å². The molecular formula is C17H11ClF4N2O4. The second-order valence-corrected chi connectivity index (χ2v) is 5.91. The van der Waals surface area contributed by atoms with Crippen molar-refractivity contribution in [2.45, 2.75) is 12.0 Å². The summed E-state index contributed by atoms with van der Waals surface area (Å²) in [4.78, 5) is 12.0. The topological polar surface area (TPSA) is 103 Å². The molecule has 0 aromatic heterocycles. The van der Waals surface area contributed by atoms with Crippen LogP contribution in [0.2, 0.25) is 5.02 Å². The monoisotopic (exact) mass is 418 g/mol. The van der Waals surface area contributed by atoms with Gasteiger partial charge in [-0.05, 0) is 30.3 Å². The van der Waals surface area contributed by atoms with Crippen LogP contribution in [-0.4, -0.2) is 28.5 Å². The maximum atomic E-state index is 13.3. The summed E-state index contributed by atoms with van der Waals surface area (Å²) >= 11 is 5.48. The van der Waals surface area contributed by atoms with Crippen molar-refractivity contribution in [2.75, 3.05) is 11.9 Å². The van der Waals surface area contributed by atoms with Gasteiger partial charge in [0, 0.05) is 11.8 Å². The summed E-state index contributed by atoms with van der Waals surface area (Å²) in [5.74, 6) is -5.66. The molecule has 28 heavy (non-hydrogen) atoms. The molecule has 148 valence electrons. The number of amides is 1. The Bertz CT molecular complexity index is 942. The molecule has 0 unspecified atom stereocenters. The Balaban J connectivity index is 2.12. The first-order valence-corrected chi connectivity index (χ1v) is 7.77. The second-order valence-electron chi connectivity index (χ2n) is 5.51. The second kappa shape index (κ2) is 8.02. The van der Waals surface area contributed by atoms with Crippen molar-refractivity contribution < 1.29 is 37.3 Å². The van der Waals surface area contributed by atoms with E-state index in [-0.39, 0.29) is 10.8 Å². The van der Waals surface area contributed by atoms with Crippen LogP contribution in [0.15, 0.2) is 36.4 Å². The fraction of sp³-hybridized carbons (Fsp3) is 0.176. The molecule has 0 aliphatic heterocycles. The molecule has 3 N–H and O–H groups in total. The number of carbonyl (C=O) groups excluding carboxylic acids is 1. The number of hydrogen-bond donors (Lipinski definition) is 3. The highest BCUT2D eigenvalue weighted by Gasteiger charge is 2.37. The Labute approximate surface area is 160 Å². The van der Waals surface area contributed by atoms with Gasteiger partial charge in [-0.1, -0.05) is 11.6 Å². The van der Waals surface area contributed by atoms with E-state index in [1.165, 1.54) is 12.1 Å². The number of aliphatic hydroxyl groups is 2. The van der Waals surface area contributed by atoms with Gasteiger partial charge in [0.2, 0.25) is 0 Å². The maximum absolute atomic E-state index is 13.3. The van der Waals surface area contributed by atoms with Crippen LogP contribution in [-0.2, 0) is 11.0 Å². The van der Waals surface area contributed by atoms with Crippen molar-refractivity contribution in [3.8, 4) is 11.8 Å². The minimum Gasteiger partial charge on any atom is -0.487 e. The van der Waals surface area contributed by atoms with Crippen LogP contribution in [0.25, 0.3) is 0 Å². The molecule has 6 nitrogen and oxygen atoms in total. The van der Waals surface area contributed by atoms with Gasteiger partial charge in [-0.25, -0.2) is 4.39 Å². The summed E-state index contributed by atoms with van der Waals surface area (Å²) in [6.07, 6.45) is -4.86. The number of nitrogens with one attached hydrogen (secondary N) is 1. The fourth-order valence-corrected chi connectivity index (χ4v) is 2.12. The van der Waals surface area contributed by atoms with Crippen molar-refractivity contribution in [3.63, 3.8) is 0 Å².